The Morgan fingerprint density at radius 1 is 1.21 bits per heavy atom. The quantitative estimate of drug-likeness (QED) is 0.205. The molecule has 0 unspecified atom stereocenters. The number of urea groups is 1. The number of aromatic nitrogens is 1. The number of anilines is 1. The summed E-state index contributed by atoms with van der Waals surface area (Å²) in [5.41, 5.74) is 0. The fourth-order valence-corrected chi connectivity index (χ4v) is 7.21. The van der Waals surface area contributed by atoms with Gasteiger partial charge in [-0.25, -0.2) is 9.78 Å². The number of alkyl halides is 3. The number of para-hydroxylation sites is 1. The van der Waals surface area contributed by atoms with Crippen LogP contribution >= 0.6 is 34.9 Å². The first-order valence-electron chi connectivity index (χ1n) is 12.3. The van der Waals surface area contributed by atoms with Crippen LogP contribution in [0, 0.1) is 5.92 Å². The van der Waals surface area contributed by atoms with Gasteiger partial charge in [-0.05, 0) is 69.8 Å². The lowest BCUT2D eigenvalue weighted by atomic mass is 9.86. The van der Waals surface area contributed by atoms with E-state index in [2.05, 4.69) is 22.0 Å². The number of nitrogens with one attached hydrogen (secondary N) is 1. The van der Waals surface area contributed by atoms with Crippen LogP contribution in [0.2, 0.25) is 0 Å². The lowest BCUT2D eigenvalue weighted by molar-refractivity contribution is -0.275. The molecule has 13 heteroatoms. The van der Waals surface area contributed by atoms with E-state index in [0.29, 0.717) is 38.9 Å². The van der Waals surface area contributed by atoms with E-state index in [4.69, 9.17) is 0 Å². The van der Waals surface area contributed by atoms with E-state index in [-0.39, 0.29) is 17.8 Å². The van der Waals surface area contributed by atoms with Crippen LogP contribution < -0.4 is 10.1 Å². The zero-order valence-corrected chi connectivity index (χ0v) is 23.9. The average Bonchev–Trinajstić information content (AvgIpc) is 3.25. The second-order valence-electron chi connectivity index (χ2n) is 9.64. The number of hydrogen-bond donors (Lipinski definition) is 2. The first-order valence-corrected chi connectivity index (χ1v) is 14.9. The number of nitrogens with zero attached hydrogens (tertiary/aromatic N) is 2. The molecule has 0 aliphatic heterocycles. The van der Waals surface area contributed by atoms with Crippen molar-refractivity contribution in [3.8, 4) is 5.75 Å². The standard InChI is InChI=1S/C25H32F3N3O4S3/c1-16-9-11-17(12-10-16)31(13-6-14-36-19-8-5-4-7-18(19)35-25(26,27)28)23(34)30-22-29-15-20(37-22)38-24(2,3)21(32)33/h4-5,7-8,15-17H,6,9-14H2,1-3H3,(H,32,33)(H,29,30,34). The number of hydrogen-bond acceptors (Lipinski definition) is 7. The maximum absolute atomic E-state index is 13.3. The summed E-state index contributed by atoms with van der Waals surface area (Å²) in [5.74, 6) is -0.0602. The molecular formula is C25H32F3N3O4S3. The molecule has 1 aliphatic rings. The molecule has 1 saturated carbocycles. The Bertz CT molecular complexity index is 1090. The van der Waals surface area contributed by atoms with Crippen molar-refractivity contribution in [2.45, 2.75) is 79.1 Å². The number of benzene rings is 1. The fourth-order valence-electron chi connectivity index (χ4n) is 4.02. The van der Waals surface area contributed by atoms with Crippen molar-refractivity contribution in [2.75, 3.05) is 17.6 Å². The van der Waals surface area contributed by atoms with E-state index in [1.54, 1.807) is 37.1 Å². The third kappa shape index (κ3) is 9.26. The van der Waals surface area contributed by atoms with Crippen LogP contribution in [-0.2, 0) is 4.79 Å². The van der Waals surface area contributed by atoms with Crippen molar-refractivity contribution in [1.82, 2.24) is 9.88 Å². The van der Waals surface area contributed by atoms with Crippen molar-refractivity contribution in [1.29, 1.82) is 0 Å². The average molecular weight is 592 g/mol. The van der Waals surface area contributed by atoms with Gasteiger partial charge >= 0.3 is 18.4 Å². The summed E-state index contributed by atoms with van der Waals surface area (Å²) in [7, 11) is 0. The maximum atomic E-state index is 13.3. The normalized spacial score (nSPS) is 18.2. The smallest absolute Gasteiger partial charge is 0.480 e. The number of ether oxygens (including phenoxy) is 1. The molecule has 1 aliphatic carbocycles. The molecule has 0 saturated heterocycles. The third-order valence-electron chi connectivity index (χ3n) is 6.13. The highest BCUT2D eigenvalue weighted by Gasteiger charge is 2.33. The third-order valence-corrected chi connectivity index (χ3v) is 9.47. The molecule has 1 aromatic carbocycles. The van der Waals surface area contributed by atoms with Gasteiger partial charge in [0, 0.05) is 17.5 Å². The first kappa shape index (κ1) is 30.4. The number of amides is 2. The molecular weight excluding hydrogens is 559 g/mol. The Morgan fingerprint density at radius 2 is 1.89 bits per heavy atom. The second kappa shape index (κ2) is 13.3. The molecule has 1 fully saturated rings. The van der Waals surface area contributed by atoms with Crippen molar-refractivity contribution in [3.05, 3.63) is 30.5 Å². The van der Waals surface area contributed by atoms with Gasteiger partial charge in [0.1, 0.15) is 10.5 Å². The summed E-state index contributed by atoms with van der Waals surface area (Å²) in [6, 6.07) is 5.81. The number of carbonyl (C=O) groups excluding carboxylic acids is 1. The monoisotopic (exact) mass is 591 g/mol. The molecule has 3 rings (SSSR count). The second-order valence-corrected chi connectivity index (χ2v) is 13.7. The van der Waals surface area contributed by atoms with Gasteiger partial charge in [-0.2, -0.15) is 0 Å². The summed E-state index contributed by atoms with van der Waals surface area (Å²) in [4.78, 5) is 31.2. The van der Waals surface area contributed by atoms with Crippen molar-refractivity contribution in [2.24, 2.45) is 5.92 Å². The van der Waals surface area contributed by atoms with E-state index in [1.165, 1.54) is 47.0 Å². The van der Waals surface area contributed by atoms with Crippen molar-refractivity contribution >= 4 is 52.0 Å². The molecule has 0 spiro atoms. The van der Waals surface area contributed by atoms with Crippen molar-refractivity contribution < 1.29 is 32.6 Å². The number of thioether (sulfide) groups is 2. The van der Waals surface area contributed by atoms with Gasteiger partial charge in [0.25, 0.3) is 0 Å². The molecule has 1 aromatic heterocycles. The number of rotatable bonds is 11. The minimum Gasteiger partial charge on any atom is -0.480 e. The SMILES string of the molecule is CC1CCC(N(CCCSc2ccccc2OC(F)(F)F)C(=O)Nc2ncc(SC(C)(C)C(=O)O)s2)CC1. The Balaban J connectivity index is 1.62. The summed E-state index contributed by atoms with van der Waals surface area (Å²) < 4.78 is 41.9. The minimum absolute atomic E-state index is 0.0665. The Hall–Kier alpha value is -2.12. The fraction of sp³-hybridized carbons (Fsp3) is 0.560. The van der Waals surface area contributed by atoms with E-state index in [1.807, 2.05) is 0 Å². The molecule has 2 amide bonds. The largest absolute Gasteiger partial charge is 0.573 e. The van der Waals surface area contributed by atoms with Crippen LogP contribution in [-0.4, -0.2) is 56.4 Å². The number of aliphatic carboxylic acids is 1. The van der Waals surface area contributed by atoms with Gasteiger partial charge in [0.15, 0.2) is 5.13 Å². The minimum atomic E-state index is -4.76. The molecule has 0 bridgehead atoms. The highest BCUT2D eigenvalue weighted by atomic mass is 32.2. The van der Waals surface area contributed by atoms with Crippen LogP contribution in [0.25, 0.3) is 0 Å². The van der Waals surface area contributed by atoms with Crippen LogP contribution in [0.15, 0.2) is 39.6 Å². The lowest BCUT2D eigenvalue weighted by Gasteiger charge is -2.36. The summed E-state index contributed by atoms with van der Waals surface area (Å²) in [5, 5.41) is 12.6. The van der Waals surface area contributed by atoms with E-state index in [0.717, 1.165) is 25.7 Å². The molecule has 38 heavy (non-hydrogen) atoms. The van der Waals surface area contributed by atoms with E-state index < -0.39 is 17.1 Å². The van der Waals surface area contributed by atoms with Gasteiger partial charge in [-0.1, -0.05) is 42.2 Å². The number of carbonyl (C=O) groups is 2. The zero-order valence-electron chi connectivity index (χ0n) is 21.4. The van der Waals surface area contributed by atoms with Gasteiger partial charge < -0.3 is 14.7 Å². The predicted molar refractivity (Wildman–Crippen MR) is 145 cm³/mol. The first-order chi connectivity index (χ1) is 17.8. The summed E-state index contributed by atoms with van der Waals surface area (Å²) in [6.45, 7) is 5.86. The van der Waals surface area contributed by atoms with Gasteiger partial charge in [-0.3, -0.25) is 10.1 Å². The molecule has 2 N–H and O–H groups in total. The van der Waals surface area contributed by atoms with E-state index >= 15 is 0 Å². The van der Waals surface area contributed by atoms with Crippen molar-refractivity contribution in [3.63, 3.8) is 0 Å². The Labute approximate surface area is 232 Å². The Morgan fingerprint density at radius 3 is 2.55 bits per heavy atom. The molecule has 1 heterocycles. The number of carboxylic acids is 1. The van der Waals surface area contributed by atoms with Gasteiger partial charge in [0.05, 0.1) is 10.4 Å². The predicted octanol–water partition coefficient (Wildman–Crippen LogP) is 7.59. The maximum Gasteiger partial charge on any atom is 0.573 e. The number of halogens is 3. The van der Waals surface area contributed by atoms with Gasteiger partial charge in [-0.15, -0.1) is 24.9 Å². The van der Waals surface area contributed by atoms with Crippen LogP contribution in [0.1, 0.15) is 52.9 Å². The molecule has 2 aromatic rings. The number of carboxylic acid groups (broad SMARTS) is 1. The summed E-state index contributed by atoms with van der Waals surface area (Å²) in [6.07, 6.45) is 1.18. The van der Waals surface area contributed by atoms with Crippen LogP contribution in [0.3, 0.4) is 0 Å². The molecule has 0 radical (unpaired) electrons. The number of thiazole rings is 1. The lowest BCUT2D eigenvalue weighted by Crippen LogP contribution is -2.45. The van der Waals surface area contributed by atoms with Gasteiger partial charge in [0.2, 0.25) is 0 Å². The molecule has 7 nitrogen and oxygen atoms in total. The van der Waals surface area contributed by atoms with Crippen LogP contribution in [0.4, 0.5) is 23.1 Å². The summed E-state index contributed by atoms with van der Waals surface area (Å²) >= 11 is 3.65. The van der Waals surface area contributed by atoms with E-state index in [9.17, 15) is 27.9 Å². The zero-order chi connectivity index (χ0) is 27.9. The highest BCUT2D eigenvalue weighted by molar-refractivity contribution is 8.03. The topological polar surface area (TPSA) is 91.8 Å². The molecule has 0 atom stereocenters. The highest BCUT2D eigenvalue weighted by Crippen LogP contribution is 2.38. The van der Waals surface area contributed by atoms with Crippen LogP contribution in [0.5, 0.6) is 5.75 Å². The molecule has 210 valence electrons. The Kier molecular flexibility index (Phi) is 10.6.